The number of carboxylic acids is 1. The Balaban J connectivity index is 2.52. The average Bonchev–Trinajstić information content (AvgIpc) is 2.33. The number of rotatable bonds is 6. The summed E-state index contributed by atoms with van der Waals surface area (Å²) in [7, 11) is 0. The minimum atomic E-state index is -1.08. The third-order valence-electron chi connectivity index (χ3n) is 2.67. The van der Waals surface area contributed by atoms with Gasteiger partial charge in [0.1, 0.15) is 12.3 Å². The number of carbonyl (C=O) groups is 2. The molecule has 5 heteroatoms. The van der Waals surface area contributed by atoms with Crippen molar-refractivity contribution in [2.24, 2.45) is 0 Å². The standard InChI is InChI=1S/C14H19NO4/c1-9(2)12-5-4-11(6-10(12)3)19-8-13(16)15-7-14(17)18/h4-6,9H,7-8H2,1-3H3,(H,15,16)(H,17,18). The molecule has 2 N–H and O–H groups in total. The summed E-state index contributed by atoms with van der Waals surface area (Å²) in [5.74, 6) is -0.487. The molecule has 0 unspecified atom stereocenters. The van der Waals surface area contributed by atoms with Gasteiger partial charge in [-0.1, -0.05) is 19.9 Å². The molecule has 104 valence electrons. The van der Waals surface area contributed by atoms with Crippen molar-refractivity contribution in [3.63, 3.8) is 0 Å². The van der Waals surface area contributed by atoms with E-state index in [4.69, 9.17) is 9.84 Å². The number of ether oxygens (including phenoxy) is 1. The first-order valence-electron chi connectivity index (χ1n) is 6.12. The third kappa shape index (κ3) is 4.99. The second kappa shape index (κ2) is 6.78. The first-order chi connectivity index (χ1) is 8.90. The summed E-state index contributed by atoms with van der Waals surface area (Å²) in [5, 5.41) is 10.6. The lowest BCUT2D eigenvalue weighted by molar-refractivity contribution is -0.138. The Labute approximate surface area is 112 Å². The molecule has 1 aromatic carbocycles. The van der Waals surface area contributed by atoms with Gasteiger partial charge < -0.3 is 15.2 Å². The van der Waals surface area contributed by atoms with Crippen molar-refractivity contribution in [2.45, 2.75) is 26.7 Å². The molecule has 0 atom stereocenters. The van der Waals surface area contributed by atoms with Crippen molar-refractivity contribution in [3.05, 3.63) is 29.3 Å². The van der Waals surface area contributed by atoms with E-state index in [1.165, 1.54) is 5.56 Å². The Bertz CT molecular complexity index is 469. The lowest BCUT2D eigenvalue weighted by Crippen LogP contribution is -2.33. The summed E-state index contributed by atoms with van der Waals surface area (Å²) in [6.07, 6.45) is 0. The van der Waals surface area contributed by atoms with Crippen LogP contribution in [0.5, 0.6) is 5.75 Å². The Morgan fingerprint density at radius 3 is 2.58 bits per heavy atom. The van der Waals surface area contributed by atoms with E-state index in [-0.39, 0.29) is 6.61 Å². The van der Waals surface area contributed by atoms with Crippen LogP contribution in [0.4, 0.5) is 0 Å². The number of nitrogens with one attached hydrogen (secondary N) is 1. The fraction of sp³-hybridized carbons (Fsp3) is 0.429. The smallest absolute Gasteiger partial charge is 0.322 e. The maximum absolute atomic E-state index is 11.3. The summed E-state index contributed by atoms with van der Waals surface area (Å²) in [4.78, 5) is 21.5. The van der Waals surface area contributed by atoms with E-state index in [9.17, 15) is 9.59 Å². The molecule has 1 aromatic rings. The second-order valence-corrected chi connectivity index (χ2v) is 4.63. The molecule has 0 aliphatic carbocycles. The van der Waals surface area contributed by atoms with Gasteiger partial charge in [-0.3, -0.25) is 9.59 Å². The fourth-order valence-electron chi connectivity index (χ4n) is 1.76. The predicted molar refractivity (Wildman–Crippen MR) is 71.4 cm³/mol. The summed E-state index contributed by atoms with van der Waals surface area (Å²) in [5.41, 5.74) is 2.35. The molecule has 0 radical (unpaired) electrons. The van der Waals surface area contributed by atoms with Crippen LogP contribution in [-0.4, -0.2) is 30.1 Å². The monoisotopic (exact) mass is 265 g/mol. The predicted octanol–water partition coefficient (Wildman–Crippen LogP) is 1.70. The Hall–Kier alpha value is -2.04. The van der Waals surface area contributed by atoms with Crippen LogP contribution in [0.3, 0.4) is 0 Å². The highest BCUT2D eigenvalue weighted by molar-refractivity contribution is 5.82. The van der Waals surface area contributed by atoms with E-state index in [2.05, 4.69) is 19.2 Å². The Morgan fingerprint density at radius 1 is 1.37 bits per heavy atom. The van der Waals surface area contributed by atoms with Gasteiger partial charge in [-0.05, 0) is 36.1 Å². The van der Waals surface area contributed by atoms with Crippen molar-refractivity contribution in [3.8, 4) is 5.75 Å². The van der Waals surface area contributed by atoms with Gasteiger partial charge in [0, 0.05) is 0 Å². The summed E-state index contributed by atoms with van der Waals surface area (Å²) in [6, 6.07) is 5.66. The van der Waals surface area contributed by atoms with E-state index < -0.39 is 18.4 Å². The topological polar surface area (TPSA) is 75.6 Å². The molecule has 0 saturated heterocycles. The van der Waals surface area contributed by atoms with Gasteiger partial charge in [-0.25, -0.2) is 0 Å². The van der Waals surface area contributed by atoms with Crippen molar-refractivity contribution in [2.75, 3.05) is 13.2 Å². The summed E-state index contributed by atoms with van der Waals surface area (Å²) in [6.45, 7) is 5.64. The number of hydrogen-bond donors (Lipinski definition) is 2. The number of aliphatic carboxylic acids is 1. The van der Waals surface area contributed by atoms with Crippen molar-refractivity contribution < 1.29 is 19.4 Å². The Kier molecular flexibility index (Phi) is 5.36. The molecule has 5 nitrogen and oxygen atoms in total. The zero-order valence-corrected chi connectivity index (χ0v) is 11.4. The molecule has 0 saturated carbocycles. The van der Waals surface area contributed by atoms with Gasteiger partial charge in [0.2, 0.25) is 0 Å². The molecular weight excluding hydrogens is 246 g/mol. The van der Waals surface area contributed by atoms with Crippen molar-refractivity contribution in [1.29, 1.82) is 0 Å². The van der Waals surface area contributed by atoms with Gasteiger partial charge >= 0.3 is 5.97 Å². The van der Waals surface area contributed by atoms with Crippen LogP contribution >= 0.6 is 0 Å². The minimum absolute atomic E-state index is 0.187. The van der Waals surface area contributed by atoms with Crippen LogP contribution in [0, 0.1) is 6.92 Å². The average molecular weight is 265 g/mol. The highest BCUT2D eigenvalue weighted by Crippen LogP contribution is 2.23. The van der Waals surface area contributed by atoms with Gasteiger partial charge in [-0.15, -0.1) is 0 Å². The molecule has 0 fully saturated rings. The number of amides is 1. The van der Waals surface area contributed by atoms with Crippen molar-refractivity contribution >= 4 is 11.9 Å². The molecule has 0 aliphatic heterocycles. The molecule has 0 spiro atoms. The largest absolute Gasteiger partial charge is 0.484 e. The maximum Gasteiger partial charge on any atom is 0.322 e. The molecule has 0 aromatic heterocycles. The number of carboxylic acid groups (broad SMARTS) is 1. The quantitative estimate of drug-likeness (QED) is 0.820. The zero-order valence-electron chi connectivity index (χ0n) is 11.4. The normalized spacial score (nSPS) is 10.3. The van der Waals surface area contributed by atoms with Crippen LogP contribution < -0.4 is 10.1 Å². The van der Waals surface area contributed by atoms with Gasteiger partial charge in [0.15, 0.2) is 6.61 Å². The molecule has 19 heavy (non-hydrogen) atoms. The van der Waals surface area contributed by atoms with E-state index in [0.717, 1.165) is 5.56 Å². The highest BCUT2D eigenvalue weighted by atomic mass is 16.5. The molecule has 0 heterocycles. The van der Waals surface area contributed by atoms with Crippen LogP contribution in [-0.2, 0) is 9.59 Å². The fourth-order valence-corrected chi connectivity index (χ4v) is 1.76. The summed E-state index contributed by atoms with van der Waals surface area (Å²) >= 11 is 0. The van der Waals surface area contributed by atoms with Crippen LogP contribution in [0.1, 0.15) is 30.9 Å². The third-order valence-corrected chi connectivity index (χ3v) is 2.67. The van der Waals surface area contributed by atoms with Crippen LogP contribution in [0.25, 0.3) is 0 Å². The molecular formula is C14H19NO4. The second-order valence-electron chi connectivity index (χ2n) is 4.63. The number of carbonyl (C=O) groups excluding carboxylic acids is 1. The molecule has 1 rings (SSSR count). The van der Waals surface area contributed by atoms with Crippen LogP contribution in [0.2, 0.25) is 0 Å². The number of hydrogen-bond acceptors (Lipinski definition) is 3. The number of aryl methyl sites for hydroxylation is 1. The Morgan fingerprint density at radius 2 is 2.05 bits per heavy atom. The SMILES string of the molecule is Cc1cc(OCC(=O)NCC(=O)O)ccc1C(C)C. The van der Waals surface area contributed by atoms with E-state index in [1.54, 1.807) is 0 Å². The van der Waals surface area contributed by atoms with Gasteiger partial charge in [0.05, 0.1) is 0 Å². The van der Waals surface area contributed by atoms with E-state index in [0.29, 0.717) is 11.7 Å². The minimum Gasteiger partial charge on any atom is -0.484 e. The van der Waals surface area contributed by atoms with E-state index in [1.807, 2.05) is 25.1 Å². The lowest BCUT2D eigenvalue weighted by atomic mass is 9.98. The maximum atomic E-state index is 11.3. The van der Waals surface area contributed by atoms with Crippen molar-refractivity contribution in [1.82, 2.24) is 5.32 Å². The highest BCUT2D eigenvalue weighted by Gasteiger charge is 2.07. The van der Waals surface area contributed by atoms with E-state index >= 15 is 0 Å². The molecule has 0 aliphatic rings. The zero-order chi connectivity index (χ0) is 14.4. The first-order valence-corrected chi connectivity index (χ1v) is 6.12. The molecule has 0 bridgehead atoms. The number of benzene rings is 1. The lowest BCUT2D eigenvalue weighted by Gasteiger charge is -2.12. The molecule has 1 amide bonds. The van der Waals surface area contributed by atoms with Crippen LogP contribution in [0.15, 0.2) is 18.2 Å². The summed E-state index contributed by atoms with van der Waals surface area (Å²) < 4.78 is 5.31. The van der Waals surface area contributed by atoms with Gasteiger partial charge in [0.25, 0.3) is 5.91 Å². The van der Waals surface area contributed by atoms with Gasteiger partial charge in [-0.2, -0.15) is 0 Å². The first kappa shape index (κ1) is 15.0.